The molecule has 0 amide bonds. The van der Waals surface area contributed by atoms with Gasteiger partial charge >= 0.3 is 0 Å². The van der Waals surface area contributed by atoms with Gasteiger partial charge in [-0.15, -0.1) is 0 Å². The van der Waals surface area contributed by atoms with Crippen LogP contribution in [0.25, 0.3) is 0 Å². The monoisotopic (exact) mass is 131 g/mol. The standard InChI is InChI=1S/C6H13NO2/c7-5-2-1-4(8)3-6(5)9/h4-6,8-9H,1-3,7H2/t4-,5-,6-/m0/s1. The Balaban J connectivity index is 2.35. The molecular formula is C6H13NO2. The molecule has 3 nitrogen and oxygen atoms in total. The maximum Gasteiger partial charge on any atom is 0.0715 e. The van der Waals surface area contributed by atoms with Crippen molar-refractivity contribution in [2.75, 3.05) is 0 Å². The van der Waals surface area contributed by atoms with E-state index in [1.54, 1.807) is 0 Å². The van der Waals surface area contributed by atoms with E-state index in [-0.39, 0.29) is 12.1 Å². The van der Waals surface area contributed by atoms with Gasteiger partial charge in [0.25, 0.3) is 0 Å². The molecule has 3 atom stereocenters. The molecule has 0 heterocycles. The van der Waals surface area contributed by atoms with Gasteiger partial charge in [0.15, 0.2) is 0 Å². The predicted molar refractivity (Wildman–Crippen MR) is 33.8 cm³/mol. The summed E-state index contributed by atoms with van der Waals surface area (Å²) in [4.78, 5) is 0. The first-order valence-corrected chi connectivity index (χ1v) is 3.32. The summed E-state index contributed by atoms with van der Waals surface area (Å²) in [5, 5.41) is 18.0. The predicted octanol–water partition coefficient (Wildman–Crippen LogP) is -0.781. The van der Waals surface area contributed by atoms with Crippen LogP contribution >= 0.6 is 0 Å². The van der Waals surface area contributed by atoms with Crippen LogP contribution < -0.4 is 5.73 Å². The lowest BCUT2D eigenvalue weighted by Gasteiger charge is -2.27. The molecule has 1 saturated carbocycles. The van der Waals surface area contributed by atoms with E-state index in [4.69, 9.17) is 15.9 Å². The SMILES string of the molecule is N[C@H]1CC[C@H](O)C[C@@H]1O. The average Bonchev–Trinajstić information content (AvgIpc) is 1.80. The summed E-state index contributed by atoms with van der Waals surface area (Å²) < 4.78 is 0. The largest absolute Gasteiger partial charge is 0.393 e. The Morgan fingerprint density at radius 3 is 2.33 bits per heavy atom. The van der Waals surface area contributed by atoms with Crippen molar-refractivity contribution in [3.63, 3.8) is 0 Å². The molecule has 3 heteroatoms. The summed E-state index contributed by atoms with van der Waals surface area (Å²) in [6, 6.07) is -0.117. The maximum atomic E-state index is 9.06. The third kappa shape index (κ3) is 1.64. The van der Waals surface area contributed by atoms with Crippen LogP contribution in [0.4, 0.5) is 0 Å². The molecule has 0 spiro atoms. The number of rotatable bonds is 0. The summed E-state index contributed by atoms with van der Waals surface area (Å²) in [6.07, 6.45) is 1.09. The van der Waals surface area contributed by atoms with Gasteiger partial charge < -0.3 is 15.9 Å². The number of hydrogen-bond donors (Lipinski definition) is 3. The number of hydrogen-bond acceptors (Lipinski definition) is 3. The number of nitrogens with two attached hydrogens (primary N) is 1. The van der Waals surface area contributed by atoms with Gasteiger partial charge in [0.05, 0.1) is 12.2 Å². The molecule has 0 bridgehead atoms. The lowest BCUT2D eigenvalue weighted by molar-refractivity contribution is 0.0273. The summed E-state index contributed by atoms with van der Waals surface area (Å²) in [7, 11) is 0. The van der Waals surface area contributed by atoms with Gasteiger partial charge in [-0.2, -0.15) is 0 Å². The van der Waals surface area contributed by atoms with Gasteiger partial charge in [-0.3, -0.25) is 0 Å². The van der Waals surface area contributed by atoms with Crippen molar-refractivity contribution in [3.8, 4) is 0 Å². The number of aliphatic hydroxyl groups excluding tert-OH is 2. The van der Waals surface area contributed by atoms with Crippen LogP contribution in [-0.2, 0) is 0 Å². The zero-order valence-electron chi connectivity index (χ0n) is 5.33. The van der Waals surface area contributed by atoms with Gasteiger partial charge in [0.2, 0.25) is 0 Å². The van der Waals surface area contributed by atoms with Crippen LogP contribution in [0.15, 0.2) is 0 Å². The van der Waals surface area contributed by atoms with E-state index >= 15 is 0 Å². The van der Waals surface area contributed by atoms with E-state index in [1.165, 1.54) is 0 Å². The summed E-state index contributed by atoms with van der Waals surface area (Å²) in [5.74, 6) is 0. The van der Waals surface area contributed by atoms with E-state index in [0.29, 0.717) is 6.42 Å². The molecule has 4 N–H and O–H groups in total. The highest BCUT2D eigenvalue weighted by Crippen LogP contribution is 2.16. The Morgan fingerprint density at radius 2 is 1.89 bits per heavy atom. The fraction of sp³-hybridized carbons (Fsp3) is 1.00. The van der Waals surface area contributed by atoms with Crippen molar-refractivity contribution >= 4 is 0 Å². The first-order valence-electron chi connectivity index (χ1n) is 3.32. The molecule has 0 aromatic heterocycles. The zero-order valence-corrected chi connectivity index (χ0v) is 5.33. The van der Waals surface area contributed by atoms with Crippen molar-refractivity contribution in [2.24, 2.45) is 5.73 Å². The van der Waals surface area contributed by atoms with Gasteiger partial charge in [-0.05, 0) is 12.8 Å². The Hall–Kier alpha value is -0.120. The fourth-order valence-corrected chi connectivity index (χ4v) is 1.15. The Kier molecular flexibility index (Phi) is 2.05. The number of aliphatic hydroxyl groups is 2. The summed E-state index contributed by atoms with van der Waals surface area (Å²) in [6.45, 7) is 0. The Bertz CT molecular complexity index is 97.1. The molecule has 0 unspecified atom stereocenters. The topological polar surface area (TPSA) is 66.5 Å². The molecule has 0 aromatic rings. The molecule has 1 aliphatic rings. The molecule has 0 saturated heterocycles. The zero-order chi connectivity index (χ0) is 6.85. The minimum atomic E-state index is -0.492. The van der Waals surface area contributed by atoms with E-state index in [0.717, 1.165) is 12.8 Å². The van der Waals surface area contributed by atoms with Crippen LogP contribution in [0.2, 0.25) is 0 Å². The van der Waals surface area contributed by atoms with E-state index in [2.05, 4.69) is 0 Å². The Morgan fingerprint density at radius 1 is 1.22 bits per heavy atom. The molecule has 1 rings (SSSR count). The lowest BCUT2D eigenvalue weighted by atomic mass is 9.91. The third-order valence-electron chi connectivity index (χ3n) is 1.84. The molecule has 1 aliphatic carbocycles. The second-order valence-corrected chi connectivity index (χ2v) is 2.70. The Labute approximate surface area is 54.5 Å². The van der Waals surface area contributed by atoms with Gasteiger partial charge in [-0.1, -0.05) is 0 Å². The van der Waals surface area contributed by atoms with Crippen molar-refractivity contribution < 1.29 is 10.2 Å². The van der Waals surface area contributed by atoms with E-state index in [9.17, 15) is 0 Å². The van der Waals surface area contributed by atoms with Gasteiger partial charge in [-0.25, -0.2) is 0 Å². The van der Waals surface area contributed by atoms with Crippen LogP contribution in [-0.4, -0.2) is 28.5 Å². The summed E-state index contributed by atoms with van der Waals surface area (Å²) >= 11 is 0. The van der Waals surface area contributed by atoms with E-state index < -0.39 is 6.10 Å². The van der Waals surface area contributed by atoms with Crippen molar-refractivity contribution in [1.29, 1.82) is 0 Å². The van der Waals surface area contributed by atoms with E-state index in [1.807, 2.05) is 0 Å². The van der Waals surface area contributed by atoms with Crippen molar-refractivity contribution in [3.05, 3.63) is 0 Å². The highest BCUT2D eigenvalue weighted by atomic mass is 16.3. The highest BCUT2D eigenvalue weighted by molar-refractivity contribution is 4.81. The second kappa shape index (κ2) is 2.64. The van der Waals surface area contributed by atoms with Crippen LogP contribution in [0.5, 0.6) is 0 Å². The third-order valence-corrected chi connectivity index (χ3v) is 1.84. The quantitative estimate of drug-likeness (QED) is 0.404. The van der Waals surface area contributed by atoms with Crippen molar-refractivity contribution in [2.45, 2.75) is 37.5 Å². The molecule has 0 aliphatic heterocycles. The average molecular weight is 131 g/mol. The lowest BCUT2D eigenvalue weighted by Crippen LogP contribution is -2.41. The molecule has 0 radical (unpaired) electrons. The van der Waals surface area contributed by atoms with Crippen LogP contribution in [0.1, 0.15) is 19.3 Å². The molecule has 0 aromatic carbocycles. The molecule has 9 heavy (non-hydrogen) atoms. The highest BCUT2D eigenvalue weighted by Gasteiger charge is 2.24. The van der Waals surface area contributed by atoms with Crippen LogP contribution in [0.3, 0.4) is 0 Å². The van der Waals surface area contributed by atoms with Crippen LogP contribution in [0, 0.1) is 0 Å². The molecule has 1 fully saturated rings. The smallest absolute Gasteiger partial charge is 0.0715 e. The van der Waals surface area contributed by atoms with Crippen molar-refractivity contribution in [1.82, 2.24) is 0 Å². The fourth-order valence-electron chi connectivity index (χ4n) is 1.15. The first-order chi connectivity index (χ1) is 4.20. The molecular weight excluding hydrogens is 118 g/mol. The first kappa shape index (κ1) is 6.99. The minimum absolute atomic E-state index is 0.117. The summed E-state index contributed by atoms with van der Waals surface area (Å²) in [5.41, 5.74) is 5.48. The second-order valence-electron chi connectivity index (χ2n) is 2.70. The van der Waals surface area contributed by atoms with Gasteiger partial charge in [0.1, 0.15) is 0 Å². The molecule has 54 valence electrons. The van der Waals surface area contributed by atoms with Gasteiger partial charge in [0, 0.05) is 12.5 Å². The normalized spacial score (nSPS) is 45.0. The maximum absolute atomic E-state index is 9.06. The minimum Gasteiger partial charge on any atom is -0.393 e.